The van der Waals surface area contributed by atoms with Crippen LogP contribution in [0.2, 0.25) is 0 Å². The second-order valence-corrected chi connectivity index (χ2v) is 8.16. The minimum Gasteiger partial charge on any atom is -0.497 e. The Morgan fingerprint density at radius 3 is 2.38 bits per heavy atom. The van der Waals surface area contributed by atoms with Gasteiger partial charge in [-0.3, -0.25) is 9.69 Å². The molecule has 1 fully saturated rings. The van der Waals surface area contributed by atoms with Gasteiger partial charge in [0.15, 0.2) is 0 Å². The van der Waals surface area contributed by atoms with Crippen molar-refractivity contribution in [3.8, 4) is 17.2 Å². The summed E-state index contributed by atoms with van der Waals surface area (Å²) in [7, 11) is 3.06. The van der Waals surface area contributed by atoms with E-state index in [2.05, 4.69) is 18.7 Å². The van der Waals surface area contributed by atoms with Crippen LogP contribution in [0.15, 0.2) is 42.5 Å². The number of nitrogens with zero attached hydrogens (tertiary/aromatic N) is 3. The molecule has 8 heteroatoms. The van der Waals surface area contributed by atoms with Gasteiger partial charge in [-0.1, -0.05) is 6.07 Å². The van der Waals surface area contributed by atoms with Gasteiger partial charge in [0.2, 0.25) is 0 Å². The molecule has 0 aliphatic carbocycles. The maximum Gasteiger partial charge on any atom is 0.407 e. The molecular formula is C24H31N3O5. The first kappa shape index (κ1) is 23.4. The fraction of sp³-hybridized carbons (Fsp3) is 0.417. The van der Waals surface area contributed by atoms with E-state index in [4.69, 9.17) is 9.47 Å². The quantitative estimate of drug-likeness (QED) is 0.705. The van der Waals surface area contributed by atoms with Crippen LogP contribution in [0, 0.1) is 0 Å². The van der Waals surface area contributed by atoms with Crippen LogP contribution in [0.25, 0.3) is 0 Å². The van der Waals surface area contributed by atoms with Gasteiger partial charge in [-0.25, -0.2) is 4.79 Å². The summed E-state index contributed by atoms with van der Waals surface area (Å²) < 4.78 is 11.3. The highest BCUT2D eigenvalue weighted by atomic mass is 16.5. The number of methoxy groups -OCH3 is 1. The zero-order valence-corrected chi connectivity index (χ0v) is 19.1. The summed E-state index contributed by atoms with van der Waals surface area (Å²) in [6.07, 6.45) is -1.06. The number of benzene rings is 2. The predicted molar refractivity (Wildman–Crippen MR) is 122 cm³/mol. The molecule has 2 aromatic carbocycles. The molecule has 8 nitrogen and oxygen atoms in total. The van der Waals surface area contributed by atoms with E-state index in [0.717, 1.165) is 18.0 Å². The Balaban J connectivity index is 1.83. The summed E-state index contributed by atoms with van der Waals surface area (Å²) in [5.74, 6) is 1.65. The molecular weight excluding hydrogens is 410 g/mol. The number of ether oxygens (including phenoxy) is 2. The molecule has 1 N–H and O–H groups in total. The molecule has 3 rings (SSSR count). The van der Waals surface area contributed by atoms with E-state index < -0.39 is 6.09 Å². The number of carbonyl (C=O) groups is 2. The van der Waals surface area contributed by atoms with Crippen LogP contribution in [0.5, 0.6) is 17.2 Å². The minimum atomic E-state index is -1.06. The third-order valence-electron chi connectivity index (χ3n) is 5.64. The highest BCUT2D eigenvalue weighted by molar-refractivity contribution is 5.94. The number of hydrogen-bond acceptors (Lipinski definition) is 5. The number of amides is 2. The lowest BCUT2D eigenvalue weighted by molar-refractivity contribution is 0.0595. The second kappa shape index (κ2) is 10.4. The largest absolute Gasteiger partial charge is 0.497 e. The van der Waals surface area contributed by atoms with Crippen molar-refractivity contribution in [1.82, 2.24) is 14.7 Å². The molecule has 1 heterocycles. The Labute approximate surface area is 188 Å². The summed E-state index contributed by atoms with van der Waals surface area (Å²) >= 11 is 0. The highest BCUT2D eigenvalue weighted by Crippen LogP contribution is 2.30. The molecule has 1 saturated heterocycles. The number of rotatable bonds is 7. The SMILES string of the molecule is COc1cccc(Oc2ccc(C(=O)N3CCN(C(C)C)CC3)cc2CN(C)C(=O)O)c1. The van der Waals surface area contributed by atoms with Gasteiger partial charge in [-0.2, -0.15) is 0 Å². The average Bonchev–Trinajstić information content (AvgIpc) is 2.79. The zero-order chi connectivity index (χ0) is 23.3. The van der Waals surface area contributed by atoms with Gasteiger partial charge in [0.05, 0.1) is 13.7 Å². The monoisotopic (exact) mass is 441 g/mol. The third kappa shape index (κ3) is 5.70. The Kier molecular flexibility index (Phi) is 7.58. The fourth-order valence-electron chi connectivity index (χ4n) is 3.67. The summed E-state index contributed by atoms with van der Waals surface area (Å²) in [5, 5.41) is 9.33. The smallest absolute Gasteiger partial charge is 0.407 e. The van der Waals surface area contributed by atoms with E-state index in [1.165, 1.54) is 7.05 Å². The highest BCUT2D eigenvalue weighted by Gasteiger charge is 2.24. The van der Waals surface area contributed by atoms with Crippen molar-refractivity contribution >= 4 is 12.0 Å². The fourth-order valence-corrected chi connectivity index (χ4v) is 3.67. The molecule has 2 amide bonds. The van der Waals surface area contributed by atoms with E-state index in [9.17, 15) is 14.7 Å². The molecule has 1 aliphatic rings. The van der Waals surface area contributed by atoms with Crippen LogP contribution in [0.4, 0.5) is 4.79 Å². The molecule has 2 aromatic rings. The molecule has 0 saturated carbocycles. The van der Waals surface area contributed by atoms with Crippen molar-refractivity contribution in [2.75, 3.05) is 40.3 Å². The maximum atomic E-state index is 13.1. The van der Waals surface area contributed by atoms with Crippen molar-refractivity contribution in [2.45, 2.75) is 26.4 Å². The number of hydrogen-bond donors (Lipinski definition) is 1. The van der Waals surface area contributed by atoms with Crippen LogP contribution in [0.3, 0.4) is 0 Å². The molecule has 32 heavy (non-hydrogen) atoms. The molecule has 0 spiro atoms. The lowest BCUT2D eigenvalue weighted by atomic mass is 10.1. The van der Waals surface area contributed by atoms with E-state index in [-0.39, 0.29) is 12.5 Å². The van der Waals surface area contributed by atoms with Crippen molar-refractivity contribution in [2.24, 2.45) is 0 Å². The summed E-state index contributed by atoms with van der Waals surface area (Å²) in [6.45, 7) is 7.43. The molecule has 0 aromatic heterocycles. The predicted octanol–water partition coefficient (Wildman–Crippen LogP) is 3.76. The van der Waals surface area contributed by atoms with Crippen LogP contribution in [-0.4, -0.2) is 78.2 Å². The molecule has 1 aliphatic heterocycles. The Morgan fingerprint density at radius 2 is 1.75 bits per heavy atom. The van der Waals surface area contributed by atoms with Gasteiger partial charge in [0.1, 0.15) is 17.2 Å². The molecule has 0 radical (unpaired) electrons. The molecule has 0 bridgehead atoms. The van der Waals surface area contributed by atoms with Crippen molar-refractivity contribution in [3.63, 3.8) is 0 Å². The maximum absolute atomic E-state index is 13.1. The minimum absolute atomic E-state index is 0.0550. The number of carboxylic acid groups (broad SMARTS) is 1. The van der Waals surface area contributed by atoms with Crippen LogP contribution >= 0.6 is 0 Å². The van der Waals surface area contributed by atoms with Crippen molar-refractivity contribution in [1.29, 1.82) is 0 Å². The van der Waals surface area contributed by atoms with E-state index in [0.29, 0.717) is 47.5 Å². The Bertz CT molecular complexity index is 954. The van der Waals surface area contributed by atoms with Gasteiger partial charge in [0.25, 0.3) is 5.91 Å². The average molecular weight is 442 g/mol. The summed E-state index contributed by atoms with van der Waals surface area (Å²) in [4.78, 5) is 29.9. The van der Waals surface area contributed by atoms with Gasteiger partial charge < -0.3 is 24.4 Å². The van der Waals surface area contributed by atoms with Crippen molar-refractivity contribution in [3.05, 3.63) is 53.6 Å². The van der Waals surface area contributed by atoms with E-state index >= 15 is 0 Å². The lowest BCUT2D eigenvalue weighted by Gasteiger charge is -2.37. The summed E-state index contributed by atoms with van der Waals surface area (Å²) in [6, 6.07) is 12.8. The topological polar surface area (TPSA) is 82.6 Å². The van der Waals surface area contributed by atoms with Crippen LogP contribution < -0.4 is 9.47 Å². The van der Waals surface area contributed by atoms with Crippen LogP contribution in [0.1, 0.15) is 29.8 Å². The van der Waals surface area contributed by atoms with E-state index in [1.807, 2.05) is 17.0 Å². The first-order valence-corrected chi connectivity index (χ1v) is 10.7. The normalized spacial score (nSPS) is 14.3. The molecule has 172 valence electrons. The van der Waals surface area contributed by atoms with Gasteiger partial charge >= 0.3 is 6.09 Å². The van der Waals surface area contributed by atoms with Gasteiger partial charge in [-0.05, 0) is 44.2 Å². The summed E-state index contributed by atoms with van der Waals surface area (Å²) in [5.41, 5.74) is 1.14. The standard InChI is InChI=1S/C24H31N3O5/c1-17(2)26-10-12-27(13-11-26)23(28)18-8-9-22(19(14-18)16-25(3)24(29)30)32-21-7-5-6-20(15-21)31-4/h5-9,14-15,17H,10-13,16H2,1-4H3,(H,29,30). The van der Waals surface area contributed by atoms with Gasteiger partial charge in [0, 0.05) is 56.5 Å². The first-order chi connectivity index (χ1) is 15.3. The van der Waals surface area contributed by atoms with E-state index in [1.54, 1.807) is 37.4 Å². The number of carbonyl (C=O) groups excluding carboxylic acids is 1. The van der Waals surface area contributed by atoms with Gasteiger partial charge in [-0.15, -0.1) is 0 Å². The molecule has 0 atom stereocenters. The van der Waals surface area contributed by atoms with Crippen LogP contribution in [-0.2, 0) is 6.54 Å². The third-order valence-corrected chi connectivity index (χ3v) is 5.64. The Morgan fingerprint density at radius 1 is 1.06 bits per heavy atom. The molecule has 0 unspecified atom stereocenters. The Hall–Kier alpha value is -3.26. The second-order valence-electron chi connectivity index (χ2n) is 8.16. The first-order valence-electron chi connectivity index (χ1n) is 10.7. The lowest BCUT2D eigenvalue weighted by Crippen LogP contribution is -2.50. The number of piperazine rings is 1. The zero-order valence-electron chi connectivity index (χ0n) is 19.1. The van der Waals surface area contributed by atoms with Crippen molar-refractivity contribution < 1.29 is 24.2 Å².